The van der Waals surface area contributed by atoms with Gasteiger partial charge >= 0.3 is 12.4 Å². The maximum absolute atomic E-state index is 12.6. The van der Waals surface area contributed by atoms with E-state index in [-0.39, 0.29) is 12.0 Å². The molecule has 0 spiro atoms. The number of halogens is 6. The highest BCUT2D eigenvalue weighted by Crippen LogP contribution is 2.43. The Bertz CT molecular complexity index is 294. The highest BCUT2D eigenvalue weighted by molar-refractivity contribution is 5.14. The van der Waals surface area contributed by atoms with Crippen LogP contribution in [0.25, 0.3) is 0 Å². The molecule has 0 saturated carbocycles. The Labute approximate surface area is 100.0 Å². The molecule has 1 rings (SSSR count). The first-order valence-corrected chi connectivity index (χ1v) is 5.29. The Balaban J connectivity index is 3.05. The van der Waals surface area contributed by atoms with E-state index in [1.54, 1.807) is 0 Å². The van der Waals surface area contributed by atoms with E-state index in [1.165, 1.54) is 0 Å². The zero-order chi connectivity index (χ0) is 14.0. The van der Waals surface area contributed by atoms with Crippen LogP contribution in [-0.4, -0.2) is 32.0 Å². The molecule has 1 heterocycles. The SMILES string of the molecule is CNC(C1=COCCC1)C(C(F)(F)F)C(F)(F)F. The molecule has 0 saturated heterocycles. The molecule has 0 aromatic rings. The fraction of sp³-hybridized carbons (Fsp3) is 0.800. The molecular formula is C10H13F6NO. The Morgan fingerprint density at radius 3 is 2.06 bits per heavy atom. The quantitative estimate of drug-likeness (QED) is 0.801. The van der Waals surface area contributed by atoms with Gasteiger partial charge in [-0.1, -0.05) is 0 Å². The van der Waals surface area contributed by atoms with E-state index in [9.17, 15) is 26.3 Å². The second-order valence-corrected chi connectivity index (χ2v) is 3.99. The van der Waals surface area contributed by atoms with Gasteiger partial charge in [0.2, 0.25) is 0 Å². The van der Waals surface area contributed by atoms with Crippen LogP contribution in [0.1, 0.15) is 12.8 Å². The summed E-state index contributed by atoms with van der Waals surface area (Å²) in [4.78, 5) is 0. The molecule has 106 valence electrons. The van der Waals surface area contributed by atoms with E-state index < -0.39 is 24.3 Å². The lowest BCUT2D eigenvalue weighted by Crippen LogP contribution is -2.51. The molecule has 0 radical (unpaired) electrons. The van der Waals surface area contributed by atoms with E-state index in [0.29, 0.717) is 13.0 Å². The Kier molecular flexibility index (Phi) is 4.52. The molecule has 0 aromatic heterocycles. The van der Waals surface area contributed by atoms with Gasteiger partial charge in [0.15, 0.2) is 5.92 Å². The number of ether oxygens (including phenoxy) is 1. The number of hydrogen-bond acceptors (Lipinski definition) is 2. The van der Waals surface area contributed by atoms with Gasteiger partial charge in [-0.05, 0) is 25.5 Å². The van der Waals surface area contributed by atoms with Crippen molar-refractivity contribution >= 4 is 0 Å². The van der Waals surface area contributed by atoms with Crippen LogP contribution in [0.4, 0.5) is 26.3 Å². The zero-order valence-corrected chi connectivity index (χ0v) is 9.53. The van der Waals surface area contributed by atoms with Gasteiger partial charge < -0.3 is 10.1 Å². The van der Waals surface area contributed by atoms with Crippen molar-refractivity contribution < 1.29 is 31.1 Å². The average molecular weight is 277 g/mol. The minimum atomic E-state index is -5.36. The summed E-state index contributed by atoms with van der Waals surface area (Å²) < 4.78 is 80.3. The van der Waals surface area contributed by atoms with Crippen LogP contribution in [0.15, 0.2) is 11.8 Å². The molecule has 0 bridgehead atoms. The van der Waals surface area contributed by atoms with Gasteiger partial charge in [-0.15, -0.1) is 0 Å². The largest absolute Gasteiger partial charge is 0.501 e. The fourth-order valence-electron chi connectivity index (χ4n) is 1.94. The van der Waals surface area contributed by atoms with Crippen LogP contribution in [0, 0.1) is 5.92 Å². The molecule has 0 amide bonds. The second-order valence-electron chi connectivity index (χ2n) is 3.99. The lowest BCUT2D eigenvalue weighted by atomic mass is 9.89. The number of likely N-dealkylation sites (N-methyl/N-ethyl adjacent to an activating group) is 1. The maximum atomic E-state index is 12.6. The smallest absolute Gasteiger partial charge is 0.402 e. The second kappa shape index (κ2) is 5.38. The molecule has 1 aliphatic rings. The van der Waals surface area contributed by atoms with Gasteiger partial charge in [-0.2, -0.15) is 26.3 Å². The standard InChI is InChI=1S/C10H13F6NO/c1-17-7(6-3-2-4-18-5-6)8(9(11,12)13)10(14,15)16/h5,7-8,17H,2-4H2,1H3. The van der Waals surface area contributed by atoms with E-state index in [4.69, 9.17) is 4.74 Å². The Hall–Kier alpha value is -0.920. The molecule has 18 heavy (non-hydrogen) atoms. The van der Waals surface area contributed by atoms with E-state index >= 15 is 0 Å². The van der Waals surface area contributed by atoms with Gasteiger partial charge in [0, 0.05) is 0 Å². The number of nitrogens with one attached hydrogen (secondary N) is 1. The third kappa shape index (κ3) is 3.54. The Morgan fingerprint density at radius 1 is 1.17 bits per heavy atom. The minimum Gasteiger partial charge on any atom is -0.501 e. The molecule has 1 atom stereocenters. The molecule has 0 aromatic carbocycles. The summed E-state index contributed by atoms with van der Waals surface area (Å²) in [6.45, 7) is 0.308. The first kappa shape index (κ1) is 15.1. The lowest BCUT2D eigenvalue weighted by molar-refractivity contribution is -0.289. The van der Waals surface area contributed by atoms with Gasteiger partial charge in [0.25, 0.3) is 0 Å². The Morgan fingerprint density at radius 2 is 1.72 bits per heavy atom. The molecule has 2 nitrogen and oxygen atoms in total. The monoisotopic (exact) mass is 277 g/mol. The summed E-state index contributed by atoms with van der Waals surface area (Å²) in [7, 11) is 1.07. The normalized spacial score (nSPS) is 19.4. The number of rotatable bonds is 3. The van der Waals surface area contributed by atoms with Crippen LogP contribution in [-0.2, 0) is 4.74 Å². The zero-order valence-electron chi connectivity index (χ0n) is 9.53. The van der Waals surface area contributed by atoms with Crippen molar-refractivity contribution in [3.05, 3.63) is 11.8 Å². The molecule has 1 N–H and O–H groups in total. The maximum Gasteiger partial charge on any atom is 0.402 e. The van der Waals surface area contributed by atoms with Crippen molar-refractivity contribution in [2.75, 3.05) is 13.7 Å². The van der Waals surface area contributed by atoms with Crippen molar-refractivity contribution in [1.29, 1.82) is 0 Å². The first-order chi connectivity index (χ1) is 8.18. The van der Waals surface area contributed by atoms with Gasteiger partial charge in [0.1, 0.15) is 0 Å². The predicted octanol–water partition coefficient (Wildman–Crippen LogP) is 3.01. The highest BCUT2D eigenvalue weighted by Gasteiger charge is 2.60. The van der Waals surface area contributed by atoms with E-state index in [0.717, 1.165) is 13.3 Å². The number of alkyl halides is 6. The predicted molar refractivity (Wildman–Crippen MR) is 51.7 cm³/mol. The molecule has 0 fully saturated rings. The summed E-state index contributed by atoms with van der Waals surface area (Å²) in [5, 5.41) is 2.10. The molecule has 1 unspecified atom stereocenters. The molecule has 1 aliphatic heterocycles. The van der Waals surface area contributed by atoms with Crippen molar-refractivity contribution in [3.63, 3.8) is 0 Å². The fourth-order valence-corrected chi connectivity index (χ4v) is 1.94. The third-order valence-corrected chi connectivity index (χ3v) is 2.71. The first-order valence-electron chi connectivity index (χ1n) is 5.29. The van der Waals surface area contributed by atoms with Crippen molar-refractivity contribution in [3.8, 4) is 0 Å². The summed E-state index contributed by atoms with van der Waals surface area (Å²) in [5.74, 6) is -3.43. The number of hydrogen-bond donors (Lipinski definition) is 1. The van der Waals surface area contributed by atoms with Crippen LogP contribution in [0.2, 0.25) is 0 Å². The molecule has 8 heteroatoms. The van der Waals surface area contributed by atoms with E-state index in [2.05, 4.69) is 5.32 Å². The topological polar surface area (TPSA) is 21.3 Å². The summed E-state index contributed by atoms with van der Waals surface area (Å²) in [5.41, 5.74) is -0.0107. The molecular weight excluding hydrogens is 264 g/mol. The molecule has 0 aliphatic carbocycles. The summed E-state index contributed by atoms with van der Waals surface area (Å²) in [6.07, 6.45) is -9.15. The van der Waals surface area contributed by atoms with Crippen LogP contribution >= 0.6 is 0 Å². The van der Waals surface area contributed by atoms with Crippen molar-refractivity contribution in [1.82, 2.24) is 5.32 Å². The minimum absolute atomic E-state index is 0.0107. The summed E-state index contributed by atoms with van der Waals surface area (Å²) >= 11 is 0. The van der Waals surface area contributed by atoms with Crippen LogP contribution < -0.4 is 5.32 Å². The lowest BCUT2D eigenvalue weighted by Gasteiger charge is -2.32. The van der Waals surface area contributed by atoms with Gasteiger partial charge in [0.05, 0.1) is 18.9 Å². The van der Waals surface area contributed by atoms with Crippen LogP contribution in [0.5, 0.6) is 0 Å². The van der Waals surface area contributed by atoms with Crippen molar-refractivity contribution in [2.24, 2.45) is 5.92 Å². The summed E-state index contributed by atoms with van der Waals surface area (Å²) in [6, 6.07) is -1.84. The van der Waals surface area contributed by atoms with Gasteiger partial charge in [-0.3, -0.25) is 0 Å². The van der Waals surface area contributed by atoms with Crippen LogP contribution in [0.3, 0.4) is 0 Å². The highest BCUT2D eigenvalue weighted by atomic mass is 19.4. The average Bonchev–Trinajstić information content (AvgIpc) is 2.23. The van der Waals surface area contributed by atoms with E-state index in [1.807, 2.05) is 0 Å². The van der Waals surface area contributed by atoms with Crippen molar-refractivity contribution in [2.45, 2.75) is 31.2 Å². The third-order valence-electron chi connectivity index (χ3n) is 2.71. The van der Waals surface area contributed by atoms with Gasteiger partial charge in [-0.25, -0.2) is 0 Å².